The molecule has 0 spiro atoms. The first kappa shape index (κ1) is 13.7. The molecule has 1 N–H and O–H groups in total. The monoisotopic (exact) mass is 247 g/mol. The molecule has 0 aromatic carbocycles. The average Bonchev–Trinajstić information content (AvgIpc) is 2.18. The van der Waals surface area contributed by atoms with Crippen LogP contribution in [0.3, 0.4) is 0 Å². The highest BCUT2D eigenvalue weighted by molar-refractivity contribution is 8.07. The van der Waals surface area contributed by atoms with E-state index in [9.17, 15) is 0 Å². The predicted octanol–water partition coefficient (Wildman–Crippen LogP) is 3.25. The van der Waals surface area contributed by atoms with Gasteiger partial charge in [-0.2, -0.15) is 23.5 Å². The van der Waals surface area contributed by atoms with Crippen LogP contribution in [0, 0.1) is 5.92 Å². The van der Waals surface area contributed by atoms with Gasteiger partial charge in [0.1, 0.15) is 0 Å². The Bertz CT molecular complexity index is 184. The summed E-state index contributed by atoms with van der Waals surface area (Å²) >= 11 is 4.33. The molecular weight excluding hydrogens is 222 g/mol. The van der Waals surface area contributed by atoms with Gasteiger partial charge in [-0.25, -0.2) is 0 Å². The minimum atomic E-state index is 0.683. The minimum Gasteiger partial charge on any atom is -0.313 e. The lowest BCUT2D eigenvalue weighted by atomic mass is 10.0. The quantitative estimate of drug-likeness (QED) is 0.819. The van der Waals surface area contributed by atoms with E-state index < -0.39 is 0 Å². The Hall–Kier alpha value is 0.660. The van der Waals surface area contributed by atoms with Crippen molar-refractivity contribution in [2.45, 2.75) is 56.4 Å². The number of hydrogen-bond donors (Lipinski definition) is 1. The van der Waals surface area contributed by atoms with Crippen LogP contribution in [0.5, 0.6) is 0 Å². The van der Waals surface area contributed by atoms with Gasteiger partial charge in [0, 0.05) is 27.5 Å². The van der Waals surface area contributed by atoms with Gasteiger partial charge in [-0.15, -0.1) is 0 Å². The van der Waals surface area contributed by atoms with Crippen molar-refractivity contribution in [1.29, 1.82) is 0 Å². The Labute approximate surface area is 104 Å². The van der Waals surface area contributed by atoms with Crippen LogP contribution < -0.4 is 5.32 Å². The highest BCUT2D eigenvalue weighted by atomic mass is 32.2. The number of thioether (sulfide) groups is 2. The minimum absolute atomic E-state index is 0.683. The Kier molecular flexibility index (Phi) is 5.86. The summed E-state index contributed by atoms with van der Waals surface area (Å²) in [5.41, 5.74) is 0. The van der Waals surface area contributed by atoms with E-state index in [-0.39, 0.29) is 0 Å². The molecule has 4 unspecified atom stereocenters. The van der Waals surface area contributed by atoms with Crippen molar-refractivity contribution in [1.82, 2.24) is 5.32 Å². The number of rotatable bonds is 4. The molecule has 0 aliphatic carbocycles. The van der Waals surface area contributed by atoms with Crippen LogP contribution in [0.4, 0.5) is 0 Å². The zero-order valence-electron chi connectivity index (χ0n) is 10.6. The molecule has 1 aliphatic heterocycles. The SMILES string of the molecule is CCNC(C(C)C)C1CSC(C)C(C)S1. The van der Waals surface area contributed by atoms with Gasteiger partial charge in [0.2, 0.25) is 0 Å². The third-order valence-electron chi connectivity index (χ3n) is 3.13. The highest BCUT2D eigenvalue weighted by Crippen LogP contribution is 2.38. The second kappa shape index (κ2) is 6.41. The molecule has 1 nitrogen and oxygen atoms in total. The van der Waals surface area contributed by atoms with Crippen molar-refractivity contribution in [2.24, 2.45) is 5.92 Å². The van der Waals surface area contributed by atoms with Crippen molar-refractivity contribution in [3.63, 3.8) is 0 Å². The predicted molar refractivity (Wildman–Crippen MR) is 75.1 cm³/mol. The first-order valence-corrected chi connectivity index (χ1v) is 8.05. The molecule has 0 saturated carbocycles. The summed E-state index contributed by atoms with van der Waals surface area (Å²) in [5, 5.41) is 6.07. The lowest BCUT2D eigenvalue weighted by molar-refractivity contribution is 0.406. The molecule has 0 aromatic heterocycles. The molecule has 0 radical (unpaired) electrons. The maximum atomic E-state index is 3.65. The van der Waals surface area contributed by atoms with Crippen molar-refractivity contribution >= 4 is 23.5 Å². The fraction of sp³-hybridized carbons (Fsp3) is 1.00. The third-order valence-corrected chi connectivity index (χ3v) is 6.65. The summed E-state index contributed by atoms with van der Waals surface area (Å²) in [6.45, 7) is 12.7. The first-order valence-electron chi connectivity index (χ1n) is 6.06. The Morgan fingerprint density at radius 3 is 2.40 bits per heavy atom. The molecule has 15 heavy (non-hydrogen) atoms. The fourth-order valence-corrected chi connectivity index (χ4v) is 5.33. The van der Waals surface area contributed by atoms with Gasteiger partial charge in [0.05, 0.1) is 0 Å². The van der Waals surface area contributed by atoms with Crippen LogP contribution >= 0.6 is 23.5 Å². The first-order chi connectivity index (χ1) is 7.06. The molecule has 1 heterocycles. The van der Waals surface area contributed by atoms with E-state index in [0.29, 0.717) is 6.04 Å². The number of nitrogens with one attached hydrogen (secondary N) is 1. The van der Waals surface area contributed by atoms with E-state index in [1.54, 1.807) is 0 Å². The molecule has 0 bridgehead atoms. The van der Waals surface area contributed by atoms with E-state index in [4.69, 9.17) is 0 Å². The van der Waals surface area contributed by atoms with Crippen LogP contribution in [-0.4, -0.2) is 34.1 Å². The molecule has 1 saturated heterocycles. The van der Waals surface area contributed by atoms with Gasteiger partial charge < -0.3 is 5.32 Å². The molecule has 0 amide bonds. The molecule has 1 aliphatic rings. The van der Waals surface area contributed by atoms with Gasteiger partial charge in [0.25, 0.3) is 0 Å². The average molecular weight is 247 g/mol. The van der Waals surface area contributed by atoms with Gasteiger partial charge in [-0.05, 0) is 12.5 Å². The summed E-state index contributed by atoms with van der Waals surface area (Å²) in [6, 6.07) is 0.683. The van der Waals surface area contributed by atoms with Crippen LogP contribution in [0.1, 0.15) is 34.6 Å². The fourth-order valence-electron chi connectivity index (χ4n) is 2.03. The van der Waals surface area contributed by atoms with Crippen LogP contribution in [-0.2, 0) is 0 Å². The highest BCUT2D eigenvalue weighted by Gasteiger charge is 2.32. The van der Waals surface area contributed by atoms with Crippen LogP contribution in [0.15, 0.2) is 0 Å². The summed E-state index contributed by atoms with van der Waals surface area (Å²) in [5.74, 6) is 2.05. The second-order valence-electron chi connectivity index (χ2n) is 4.75. The standard InChI is InChI=1S/C12H25NS2/c1-6-13-12(8(2)3)11-7-14-9(4)10(5)15-11/h8-13H,6-7H2,1-5H3. The van der Waals surface area contributed by atoms with Crippen LogP contribution in [0.25, 0.3) is 0 Å². The Morgan fingerprint density at radius 2 is 1.93 bits per heavy atom. The van der Waals surface area contributed by atoms with E-state index in [1.165, 1.54) is 5.75 Å². The number of hydrogen-bond acceptors (Lipinski definition) is 3. The maximum Gasteiger partial charge on any atom is 0.0297 e. The Morgan fingerprint density at radius 1 is 1.27 bits per heavy atom. The van der Waals surface area contributed by atoms with E-state index >= 15 is 0 Å². The molecule has 4 atom stereocenters. The van der Waals surface area contributed by atoms with E-state index in [0.717, 1.165) is 28.2 Å². The largest absolute Gasteiger partial charge is 0.313 e. The zero-order valence-corrected chi connectivity index (χ0v) is 12.3. The smallest absolute Gasteiger partial charge is 0.0297 e. The van der Waals surface area contributed by atoms with E-state index in [1.807, 2.05) is 0 Å². The lowest BCUT2D eigenvalue weighted by Crippen LogP contribution is -2.46. The van der Waals surface area contributed by atoms with Gasteiger partial charge in [-0.3, -0.25) is 0 Å². The molecule has 90 valence electrons. The molecule has 1 rings (SSSR count). The maximum absolute atomic E-state index is 3.65. The van der Waals surface area contributed by atoms with Crippen molar-refractivity contribution in [2.75, 3.05) is 12.3 Å². The summed E-state index contributed by atoms with van der Waals surface area (Å²) in [7, 11) is 0. The summed E-state index contributed by atoms with van der Waals surface area (Å²) in [6.07, 6.45) is 0. The normalized spacial score (nSPS) is 34.4. The molecule has 1 fully saturated rings. The summed E-state index contributed by atoms with van der Waals surface area (Å²) < 4.78 is 0. The van der Waals surface area contributed by atoms with Crippen molar-refractivity contribution in [3.05, 3.63) is 0 Å². The van der Waals surface area contributed by atoms with Crippen molar-refractivity contribution in [3.8, 4) is 0 Å². The lowest BCUT2D eigenvalue weighted by Gasteiger charge is -2.38. The zero-order chi connectivity index (χ0) is 11.4. The molecular formula is C12H25NS2. The summed E-state index contributed by atoms with van der Waals surface area (Å²) in [4.78, 5) is 0. The Balaban J connectivity index is 2.53. The van der Waals surface area contributed by atoms with Gasteiger partial charge >= 0.3 is 0 Å². The molecule has 3 heteroatoms. The van der Waals surface area contributed by atoms with Crippen LogP contribution in [0.2, 0.25) is 0 Å². The van der Waals surface area contributed by atoms with Crippen molar-refractivity contribution < 1.29 is 0 Å². The van der Waals surface area contributed by atoms with Gasteiger partial charge in [0.15, 0.2) is 0 Å². The topological polar surface area (TPSA) is 12.0 Å². The van der Waals surface area contributed by atoms with E-state index in [2.05, 4.69) is 63.5 Å². The molecule has 0 aromatic rings. The van der Waals surface area contributed by atoms with Gasteiger partial charge in [-0.1, -0.05) is 34.6 Å². The second-order valence-corrected chi connectivity index (χ2v) is 7.78. The third kappa shape index (κ3) is 3.86.